The lowest BCUT2D eigenvalue weighted by Gasteiger charge is -1.94. The molecule has 0 saturated carbocycles. The van der Waals surface area contributed by atoms with E-state index in [1.807, 2.05) is 6.92 Å². The predicted molar refractivity (Wildman–Crippen MR) is 24.3 cm³/mol. The van der Waals surface area contributed by atoms with E-state index in [1.165, 1.54) is 0 Å². The molecule has 2 nitrogen and oxygen atoms in total. The van der Waals surface area contributed by atoms with E-state index in [-0.39, 0.29) is 6.23 Å². The molecule has 1 radical (unpaired) electrons. The van der Waals surface area contributed by atoms with Gasteiger partial charge in [-0.1, -0.05) is 13.3 Å². The van der Waals surface area contributed by atoms with E-state index < -0.39 is 0 Å². The molecule has 6 heavy (non-hydrogen) atoms. The summed E-state index contributed by atoms with van der Waals surface area (Å²) in [6.07, 6.45) is 1.58. The van der Waals surface area contributed by atoms with Crippen LogP contribution < -0.4 is 5.73 Å². The van der Waals surface area contributed by atoms with Crippen LogP contribution >= 0.6 is 0 Å². The minimum Gasteiger partial charge on any atom is -0.372 e. The summed E-state index contributed by atoms with van der Waals surface area (Å²) in [7, 11) is 0. The number of aliphatic hydroxyl groups is 1. The minimum atomic E-state index is 0.0394. The molecule has 0 spiro atoms. The Morgan fingerprint density at radius 1 is 1.83 bits per heavy atom. The summed E-state index contributed by atoms with van der Waals surface area (Å²) in [4.78, 5) is 0. The van der Waals surface area contributed by atoms with Crippen LogP contribution in [0.3, 0.4) is 0 Å². The van der Waals surface area contributed by atoms with Crippen molar-refractivity contribution >= 4 is 0 Å². The fourth-order valence-corrected chi connectivity index (χ4v) is 0.256. The van der Waals surface area contributed by atoms with E-state index in [4.69, 9.17) is 10.8 Å². The zero-order valence-electron chi connectivity index (χ0n) is 3.94. The number of rotatable bonds is 2. The van der Waals surface area contributed by atoms with Crippen molar-refractivity contribution in [3.05, 3.63) is 6.23 Å². The standard InChI is InChI=1S/C4H10NO/c1-2-3-4(5)6/h6H,2-3,5H2,1H3. The van der Waals surface area contributed by atoms with Gasteiger partial charge in [0.15, 0.2) is 6.23 Å². The normalized spacial score (nSPS) is 10.0. The lowest BCUT2D eigenvalue weighted by molar-refractivity contribution is 0.284. The molecule has 0 bridgehead atoms. The van der Waals surface area contributed by atoms with Gasteiger partial charge in [0.25, 0.3) is 0 Å². The van der Waals surface area contributed by atoms with Crippen LogP contribution in [0.5, 0.6) is 0 Å². The molecule has 37 valence electrons. The summed E-state index contributed by atoms with van der Waals surface area (Å²) < 4.78 is 0. The van der Waals surface area contributed by atoms with Gasteiger partial charge in [-0.25, -0.2) is 0 Å². The number of hydrogen-bond donors (Lipinski definition) is 2. The fraction of sp³-hybridized carbons (Fsp3) is 0.750. The van der Waals surface area contributed by atoms with Gasteiger partial charge in [0.05, 0.1) is 0 Å². The number of hydrogen-bond acceptors (Lipinski definition) is 2. The smallest absolute Gasteiger partial charge is 0.155 e. The maximum Gasteiger partial charge on any atom is 0.155 e. The van der Waals surface area contributed by atoms with Crippen LogP contribution in [0, 0.1) is 6.23 Å². The first-order valence-electron chi connectivity index (χ1n) is 2.07. The van der Waals surface area contributed by atoms with E-state index in [1.54, 1.807) is 0 Å². The van der Waals surface area contributed by atoms with E-state index in [9.17, 15) is 0 Å². The van der Waals surface area contributed by atoms with Crippen molar-refractivity contribution in [1.29, 1.82) is 0 Å². The first-order valence-corrected chi connectivity index (χ1v) is 2.07. The Morgan fingerprint density at radius 3 is 2.33 bits per heavy atom. The van der Waals surface area contributed by atoms with Crippen molar-refractivity contribution in [2.45, 2.75) is 19.8 Å². The van der Waals surface area contributed by atoms with Crippen LogP contribution in [-0.2, 0) is 0 Å². The van der Waals surface area contributed by atoms with Crippen LogP contribution in [0.2, 0.25) is 0 Å². The van der Waals surface area contributed by atoms with Crippen LogP contribution in [0.25, 0.3) is 0 Å². The van der Waals surface area contributed by atoms with Crippen molar-refractivity contribution in [2.75, 3.05) is 0 Å². The van der Waals surface area contributed by atoms with E-state index in [0.29, 0.717) is 6.42 Å². The Hall–Kier alpha value is -0.0800. The maximum atomic E-state index is 8.25. The summed E-state index contributed by atoms with van der Waals surface area (Å²) in [6.45, 7) is 1.96. The number of nitrogens with two attached hydrogens (primary N) is 1. The highest BCUT2D eigenvalue weighted by Crippen LogP contribution is 1.92. The molecule has 0 aromatic heterocycles. The number of aliphatic hydroxyl groups excluding tert-OH is 1. The zero-order valence-corrected chi connectivity index (χ0v) is 3.94. The quantitative estimate of drug-likeness (QED) is 0.519. The molecule has 0 amide bonds. The highest BCUT2D eigenvalue weighted by atomic mass is 16.3. The lowest BCUT2D eigenvalue weighted by atomic mass is 10.3. The average molecular weight is 88.1 g/mol. The zero-order chi connectivity index (χ0) is 4.99. The molecular formula is C4H10NO. The van der Waals surface area contributed by atoms with Gasteiger partial charge in [0.2, 0.25) is 0 Å². The van der Waals surface area contributed by atoms with Gasteiger partial charge in [-0.2, -0.15) is 0 Å². The topological polar surface area (TPSA) is 46.2 Å². The van der Waals surface area contributed by atoms with Crippen LogP contribution in [0.1, 0.15) is 19.8 Å². The molecule has 0 aromatic carbocycles. The van der Waals surface area contributed by atoms with Crippen molar-refractivity contribution in [1.82, 2.24) is 0 Å². The Bertz CT molecular complexity index is 28.7. The molecule has 0 aromatic rings. The second kappa shape index (κ2) is 3.12. The molecule has 0 heterocycles. The van der Waals surface area contributed by atoms with Gasteiger partial charge in [0.1, 0.15) is 0 Å². The van der Waals surface area contributed by atoms with Gasteiger partial charge in [-0.3, -0.25) is 0 Å². The lowest BCUT2D eigenvalue weighted by Crippen LogP contribution is -2.06. The Kier molecular flexibility index (Phi) is 3.08. The highest BCUT2D eigenvalue weighted by Gasteiger charge is 1.89. The second-order valence-corrected chi connectivity index (χ2v) is 1.24. The van der Waals surface area contributed by atoms with Crippen LogP contribution in [-0.4, -0.2) is 5.11 Å². The third kappa shape index (κ3) is 3.92. The van der Waals surface area contributed by atoms with Crippen molar-refractivity contribution < 1.29 is 5.11 Å². The van der Waals surface area contributed by atoms with E-state index in [2.05, 4.69) is 0 Å². The van der Waals surface area contributed by atoms with Gasteiger partial charge in [-0.05, 0) is 6.42 Å². The molecule has 0 saturated heterocycles. The van der Waals surface area contributed by atoms with Gasteiger partial charge >= 0.3 is 0 Å². The third-order valence-electron chi connectivity index (χ3n) is 0.506. The molecule has 0 aliphatic rings. The molecular weight excluding hydrogens is 78.0 g/mol. The third-order valence-corrected chi connectivity index (χ3v) is 0.506. The second-order valence-electron chi connectivity index (χ2n) is 1.24. The van der Waals surface area contributed by atoms with Crippen LogP contribution in [0.15, 0.2) is 0 Å². The van der Waals surface area contributed by atoms with Crippen molar-refractivity contribution in [2.24, 2.45) is 5.73 Å². The molecule has 0 fully saturated rings. The molecule has 0 aliphatic carbocycles. The molecule has 0 aliphatic heterocycles. The Morgan fingerprint density at radius 2 is 2.33 bits per heavy atom. The first kappa shape index (κ1) is 5.92. The average Bonchev–Trinajstić information content (AvgIpc) is 1.35. The monoisotopic (exact) mass is 88.1 g/mol. The molecule has 2 heteroatoms. The summed E-state index contributed by atoms with van der Waals surface area (Å²) in [5.41, 5.74) is 4.88. The highest BCUT2D eigenvalue weighted by molar-refractivity contribution is 4.61. The molecule has 0 unspecified atom stereocenters. The maximum absolute atomic E-state index is 8.25. The van der Waals surface area contributed by atoms with Crippen LogP contribution in [0.4, 0.5) is 0 Å². The summed E-state index contributed by atoms with van der Waals surface area (Å²) >= 11 is 0. The summed E-state index contributed by atoms with van der Waals surface area (Å²) in [6, 6.07) is 0. The molecule has 0 atom stereocenters. The molecule has 0 rings (SSSR count). The van der Waals surface area contributed by atoms with Crippen molar-refractivity contribution in [3.63, 3.8) is 0 Å². The van der Waals surface area contributed by atoms with E-state index >= 15 is 0 Å². The summed E-state index contributed by atoms with van der Waals surface area (Å²) in [5.74, 6) is 0. The SMILES string of the molecule is CCC[C](N)O. The molecule has 3 N–H and O–H groups in total. The Labute approximate surface area is 38.0 Å². The van der Waals surface area contributed by atoms with Crippen molar-refractivity contribution in [3.8, 4) is 0 Å². The van der Waals surface area contributed by atoms with Gasteiger partial charge in [-0.15, -0.1) is 0 Å². The largest absolute Gasteiger partial charge is 0.372 e. The Balaban J connectivity index is 2.63. The first-order chi connectivity index (χ1) is 2.77. The van der Waals surface area contributed by atoms with E-state index in [0.717, 1.165) is 6.42 Å². The summed E-state index contributed by atoms with van der Waals surface area (Å²) in [5, 5.41) is 8.25. The fourth-order valence-electron chi connectivity index (χ4n) is 0.256. The predicted octanol–water partition coefficient (Wildman–Crippen LogP) is 0.607. The minimum absolute atomic E-state index is 0.0394. The van der Waals surface area contributed by atoms with Gasteiger partial charge in [0, 0.05) is 0 Å². The van der Waals surface area contributed by atoms with Gasteiger partial charge < -0.3 is 10.8 Å².